The fourth-order valence-electron chi connectivity index (χ4n) is 1.29. The standard InChI is InChI=1S/C11H14FNO3S/c1-3-11(14)8(2)13-17(15,16)10-6-4-9(12)5-7-10/h4-8,13H,3H2,1-2H3. The summed E-state index contributed by atoms with van der Waals surface area (Å²) in [4.78, 5) is 11.2. The first-order valence-corrected chi connectivity index (χ1v) is 6.65. The first kappa shape index (κ1) is 13.8. The Kier molecular flexibility index (Phi) is 4.36. The highest BCUT2D eigenvalue weighted by atomic mass is 32.2. The third kappa shape index (κ3) is 3.61. The average Bonchev–Trinajstić information content (AvgIpc) is 2.27. The van der Waals surface area contributed by atoms with E-state index in [0.29, 0.717) is 0 Å². The molecule has 0 saturated heterocycles. The zero-order valence-corrected chi connectivity index (χ0v) is 10.4. The highest BCUT2D eigenvalue weighted by Crippen LogP contribution is 2.10. The van der Waals surface area contributed by atoms with Crippen molar-refractivity contribution in [1.29, 1.82) is 0 Å². The summed E-state index contributed by atoms with van der Waals surface area (Å²) in [6, 6.07) is 3.64. The van der Waals surface area contributed by atoms with Gasteiger partial charge in [0.2, 0.25) is 10.0 Å². The summed E-state index contributed by atoms with van der Waals surface area (Å²) in [7, 11) is -3.77. The molecule has 1 N–H and O–H groups in total. The van der Waals surface area contributed by atoms with E-state index in [1.165, 1.54) is 6.92 Å². The van der Waals surface area contributed by atoms with E-state index >= 15 is 0 Å². The summed E-state index contributed by atoms with van der Waals surface area (Å²) in [6.45, 7) is 3.14. The molecule has 0 amide bonds. The second-order valence-corrected chi connectivity index (χ2v) is 5.33. The van der Waals surface area contributed by atoms with Gasteiger partial charge in [-0.2, -0.15) is 0 Å². The molecule has 0 radical (unpaired) electrons. The van der Waals surface area contributed by atoms with Gasteiger partial charge in [-0.3, -0.25) is 4.79 Å². The van der Waals surface area contributed by atoms with E-state index in [1.807, 2.05) is 0 Å². The number of carbonyl (C=O) groups is 1. The molecule has 0 saturated carbocycles. The Bertz CT molecular complexity index is 496. The fourth-order valence-corrected chi connectivity index (χ4v) is 2.51. The van der Waals surface area contributed by atoms with E-state index in [9.17, 15) is 17.6 Å². The molecule has 0 aliphatic heterocycles. The molecule has 0 bridgehead atoms. The normalized spacial score (nSPS) is 13.4. The minimum atomic E-state index is -3.77. The van der Waals surface area contributed by atoms with Crippen LogP contribution in [-0.4, -0.2) is 20.2 Å². The number of Topliss-reactive ketones (excluding diaryl/α,β-unsaturated/α-hetero) is 1. The van der Waals surface area contributed by atoms with Gasteiger partial charge in [0.25, 0.3) is 0 Å². The van der Waals surface area contributed by atoms with Crippen LogP contribution < -0.4 is 4.72 Å². The van der Waals surface area contributed by atoms with Crippen LogP contribution in [0.1, 0.15) is 20.3 Å². The molecule has 0 heterocycles. The zero-order valence-electron chi connectivity index (χ0n) is 9.60. The quantitative estimate of drug-likeness (QED) is 0.871. The van der Waals surface area contributed by atoms with Crippen LogP contribution >= 0.6 is 0 Å². The molecule has 1 unspecified atom stereocenters. The lowest BCUT2D eigenvalue weighted by atomic mass is 10.2. The van der Waals surface area contributed by atoms with Crippen LogP contribution in [0.2, 0.25) is 0 Å². The number of ketones is 1. The number of halogens is 1. The monoisotopic (exact) mass is 259 g/mol. The molecule has 0 fully saturated rings. The molecule has 0 aromatic heterocycles. The van der Waals surface area contributed by atoms with E-state index in [0.717, 1.165) is 24.3 Å². The predicted octanol–water partition coefficient (Wildman–Crippen LogP) is 1.47. The van der Waals surface area contributed by atoms with Crippen molar-refractivity contribution < 1.29 is 17.6 Å². The lowest BCUT2D eigenvalue weighted by Crippen LogP contribution is -2.38. The topological polar surface area (TPSA) is 63.2 Å². The summed E-state index contributed by atoms with van der Waals surface area (Å²) >= 11 is 0. The molecule has 1 aromatic rings. The van der Waals surface area contributed by atoms with Gasteiger partial charge in [0, 0.05) is 6.42 Å². The predicted molar refractivity (Wildman–Crippen MR) is 61.5 cm³/mol. The second-order valence-electron chi connectivity index (χ2n) is 3.62. The van der Waals surface area contributed by atoms with E-state index in [4.69, 9.17) is 0 Å². The largest absolute Gasteiger partial charge is 0.298 e. The summed E-state index contributed by atoms with van der Waals surface area (Å²) < 4.78 is 38.5. The smallest absolute Gasteiger partial charge is 0.241 e. The van der Waals surface area contributed by atoms with Crippen molar-refractivity contribution >= 4 is 15.8 Å². The molecule has 0 spiro atoms. The second kappa shape index (κ2) is 5.37. The molecule has 17 heavy (non-hydrogen) atoms. The Morgan fingerprint density at radius 2 is 1.88 bits per heavy atom. The summed E-state index contributed by atoms with van der Waals surface area (Å²) in [6.07, 6.45) is 0.257. The van der Waals surface area contributed by atoms with Crippen LogP contribution in [0.3, 0.4) is 0 Å². The van der Waals surface area contributed by atoms with E-state index < -0.39 is 21.9 Å². The van der Waals surface area contributed by atoms with Gasteiger partial charge in [0.05, 0.1) is 10.9 Å². The first-order chi connectivity index (χ1) is 7.86. The Morgan fingerprint density at radius 1 is 1.35 bits per heavy atom. The van der Waals surface area contributed by atoms with E-state index in [2.05, 4.69) is 4.72 Å². The van der Waals surface area contributed by atoms with Gasteiger partial charge in [0.15, 0.2) is 0 Å². The van der Waals surface area contributed by atoms with Gasteiger partial charge >= 0.3 is 0 Å². The highest BCUT2D eigenvalue weighted by Gasteiger charge is 2.20. The SMILES string of the molecule is CCC(=O)C(C)NS(=O)(=O)c1ccc(F)cc1. The molecule has 1 rings (SSSR count). The van der Waals surface area contributed by atoms with E-state index in [-0.39, 0.29) is 17.1 Å². The molecular weight excluding hydrogens is 245 g/mol. The number of nitrogens with one attached hydrogen (secondary N) is 1. The number of benzene rings is 1. The summed E-state index contributed by atoms with van der Waals surface area (Å²) in [5.41, 5.74) is 0. The fraction of sp³-hybridized carbons (Fsp3) is 0.364. The number of carbonyl (C=O) groups excluding carboxylic acids is 1. The molecule has 0 aliphatic carbocycles. The molecular formula is C11H14FNO3S. The molecule has 1 atom stereocenters. The summed E-state index contributed by atoms with van der Waals surface area (Å²) in [5, 5.41) is 0. The van der Waals surface area contributed by atoms with Gasteiger partial charge in [-0.25, -0.2) is 17.5 Å². The highest BCUT2D eigenvalue weighted by molar-refractivity contribution is 7.89. The van der Waals surface area contributed by atoms with Gasteiger partial charge in [0.1, 0.15) is 11.6 Å². The molecule has 0 aliphatic rings. The maximum Gasteiger partial charge on any atom is 0.241 e. The van der Waals surface area contributed by atoms with Crippen LogP contribution in [0.25, 0.3) is 0 Å². The average molecular weight is 259 g/mol. The third-order valence-corrected chi connectivity index (χ3v) is 3.84. The van der Waals surface area contributed by atoms with Crippen molar-refractivity contribution in [1.82, 2.24) is 4.72 Å². The van der Waals surface area contributed by atoms with Crippen molar-refractivity contribution in [3.63, 3.8) is 0 Å². The molecule has 6 heteroatoms. The first-order valence-electron chi connectivity index (χ1n) is 5.17. The Morgan fingerprint density at radius 3 is 2.35 bits per heavy atom. The summed E-state index contributed by atoms with van der Waals surface area (Å²) in [5.74, 6) is -0.711. The number of rotatable bonds is 5. The van der Waals surface area contributed by atoms with Gasteiger partial charge in [-0.05, 0) is 31.2 Å². The maximum absolute atomic E-state index is 12.7. The van der Waals surface area contributed by atoms with Crippen molar-refractivity contribution in [3.8, 4) is 0 Å². The number of hydrogen-bond donors (Lipinski definition) is 1. The van der Waals surface area contributed by atoms with Crippen molar-refractivity contribution in [2.75, 3.05) is 0 Å². The molecule has 4 nitrogen and oxygen atoms in total. The Labute approximate surface area is 99.9 Å². The van der Waals surface area contributed by atoms with Crippen LogP contribution in [0.5, 0.6) is 0 Å². The minimum absolute atomic E-state index is 0.0605. The van der Waals surface area contributed by atoms with Crippen molar-refractivity contribution in [3.05, 3.63) is 30.1 Å². The van der Waals surface area contributed by atoms with E-state index in [1.54, 1.807) is 6.92 Å². The third-order valence-electron chi connectivity index (χ3n) is 2.29. The van der Waals surface area contributed by atoms with Crippen molar-refractivity contribution in [2.24, 2.45) is 0 Å². The number of hydrogen-bond acceptors (Lipinski definition) is 3. The van der Waals surface area contributed by atoms with Gasteiger partial charge in [-0.15, -0.1) is 0 Å². The Hall–Kier alpha value is -1.27. The van der Waals surface area contributed by atoms with Crippen LogP contribution in [0.15, 0.2) is 29.2 Å². The van der Waals surface area contributed by atoms with Crippen LogP contribution in [-0.2, 0) is 14.8 Å². The minimum Gasteiger partial charge on any atom is -0.298 e. The van der Waals surface area contributed by atoms with Crippen LogP contribution in [0, 0.1) is 5.82 Å². The van der Waals surface area contributed by atoms with Crippen molar-refractivity contribution in [2.45, 2.75) is 31.2 Å². The molecule has 94 valence electrons. The van der Waals surface area contributed by atoms with Gasteiger partial charge in [-0.1, -0.05) is 6.92 Å². The molecule has 1 aromatic carbocycles. The number of sulfonamides is 1. The zero-order chi connectivity index (χ0) is 13.1. The lowest BCUT2D eigenvalue weighted by Gasteiger charge is -2.12. The van der Waals surface area contributed by atoms with Gasteiger partial charge < -0.3 is 0 Å². The maximum atomic E-state index is 12.7. The lowest BCUT2D eigenvalue weighted by molar-refractivity contribution is -0.119. The van der Waals surface area contributed by atoms with Crippen LogP contribution in [0.4, 0.5) is 4.39 Å². The Balaban J connectivity index is 2.89.